The normalized spacial score (nSPS) is 21.1. The first kappa shape index (κ1) is 38.4. The Balaban J connectivity index is 0.000000678. The summed E-state index contributed by atoms with van der Waals surface area (Å²) >= 11 is 0. The van der Waals surface area contributed by atoms with Crippen molar-refractivity contribution in [1.82, 2.24) is 14.9 Å². The lowest BCUT2D eigenvalue weighted by Gasteiger charge is -2.23. The van der Waals surface area contributed by atoms with Crippen molar-refractivity contribution in [3.05, 3.63) is 12.2 Å². The highest BCUT2D eigenvalue weighted by Crippen LogP contribution is 2.40. The molecule has 0 aromatic heterocycles. The number of sulfonamides is 1. The summed E-state index contributed by atoms with van der Waals surface area (Å²) < 4.78 is 30.5. The second kappa shape index (κ2) is 19.5. The van der Waals surface area contributed by atoms with Crippen LogP contribution in [0.2, 0.25) is 0 Å². The van der Waals surface area contributed by atoms with Crippen LogP contribution >= 0.6 is 0 Å². The molecule has 0 spiro atoms. The number of nitrogens with two attached hydrogens (primary N) is 1. The van der Waals surface area contributed by atoms with Crippen molar-refractivity contribution in [2.75, 3.05) is 13.1 Å². The zero-order chi connectivity index (χ0) is 31.6. The average molecular weight is 603 g/mol. The van der Waals surface area contributed by atoms with Gasteiger partial charge in [-0.1, -0.05) is 45.8 Å². The van der Waals surface area contributed by atoms with E-state index in [2.05, 4.69) is 34.8 Å². The predicted octanol–water partition coefficient (Wildman–Crippen LogP) is 4.02. The number of allylic oxidation sites excluding steroid dienone is 2. The summed E-state index contributed by atoms with van der Waals surface area (Å²) in [5.41, 5.74) is 3.63. The Morgan fingerprint density at radius 1 is 1.10 bits per heavy atom. The third kappa shape index (κ3) is 17.0. The quantitative estimate of drug-likeness (QED) is 0.193. The van der Waals surface area contributed by atoms with Crippen LogP contribution in [0.1, 0.15) is 106 Å². The molecule has 1 aliphatic heterocycles. The zero-order valence-corrected chi connectivity index (χ0v) is 26.9. The number of nitrogens with one attached hydrogen (secondary N) is 2. The molecule has 1 heterocycles. The molecule has 0 bridgehead atoms. The van der Waals surface area contributed by atoms with Gasteiger partial charge >= 0.3 is 6.09 Å². The molecule has 0 radical (unpaired) electrons. The lowest BCUT2D eigenvalue weighted by atomic mass is 10.2. The Hall–Kier alpha value is -2.63. The number of alkyl carbamates (subject to hydrolysis) is 1. The molecule has 41 heavy (non-hydrogen) atoms. The number of amides is 4. The van der Waals surface area contributed by atoms with Crippen molar-refractivity contribution >= 4 is 34.3 Å². The van der Waals surface area contributed by atoms with Crippen LogP contribution in [0.4, 0.5) is 4.79 Å². The fourth-order valence-electron chi connectivity index (χ4n) is 4.06. The minimum absolute atomic E-state index is 0.0131. The highest BCUT2D eigenvalue weighted by Gasteiger charge is 2.44. The molecular weight excluding hydrogens is 548 g/mol. The van der Waals surface area contributed by atoms with Gasteiger partial charge in [0.15, 0.2) is 0 Å². The van der Waals surface area contributed by atoms with Crippen LogP contribution in [0, 0.1) is 11.8 Å². The van der Waals surface area contributed by atoms with Crippen molar-refractivity contribution in [2.45, 2.75) is 123 Å². The van der Waals surface area contributed by atoms with E-state index < -0.39 is 21.7 Å². The number of carbonyl (C=O) groups excluding carboxylic acids is 4. The van der Waals surface area contributed by atoms with E-state index >= 15 is 0 Å². The number of unbranched alkanes of at least 4 members (excludes halogenated alkanes) is 3. The smallest absolute Gasteiger partial charge is 0.408 e. The number of likely N-dealkylation sites (tertiary alicyclic amines) is 1. The maximum atomic E-state index is 11.8. The molecule has 12 heteroatoms. The molecule has 0 aromatic rings. The van der Waals surface area contributed by atoms with E-state index in [1.54, 1.807) is 25.7 Å². The summed E-state index contributed by atoms with van der Waals surface area (Å²) in [7, 11) is -3.37. The van der Waals surface area contributed by atoms with E-state index in [1.807, 2.05) is 20.8 Å². The molecule has 3 atom stereocenters. The van der Waals surface area contributed by atoms with Gasteiger partial charge in [0, 0.05) is 18.5 Å². The van der Waals surface area contributed by atoms with Gasteiger partial charge in [0.05, 0.1) is 5.25 Å². The van der Waals surface area contributed by atoms with Crippen LogP contribution in [0.15, 0.2) is 12.2 Å². The highest BCUT2D eigenvalue weighted by atomic mass is 32.2. The van der Waals surface area contributed by atoms with E-state index in [-0.39, 0.29) is 47.9 Å². The third-order valence-corrected chi connectivity index (χ3v) is 8.23. The van der Waals surface area contributed by atoms with Gasteiger partial charge < -0.3 is 20.7 Å². The molecule has 1 saturated heterocycles. The molecule has 238 valence electrons. The van der Waals surface area contributed by atoms with Crippen molar-refractivity contribution < 1.29 is 32.3 Å². The van der Waals surface area contributed by atoms with Gasteiger partial charge in [-0.2, -0.15) is 0 Å². The molecular formula is C29H54N4O7S. The molecule has 3 unspecified atom stereocenters. The zero-order valence-electron chi connectivity index (χ0n) is 26.1. The standard InChI is InChI=1S/C14H23NO3S.C12H22N2O3.C2H6.CH3NO/c1-2-3-4-5-6-7-11-10-13(11)14(16)15-19(17,18)12-8-9-12;1-9-6-5-7-14(9)10(15)8-13-11(16)17-12(2,3)4;1-2;2-1-3/h6-7,11-13H,2-5,8-10H2,1H3,(H,15,16);9H,5-8H2,1-4H3,(H,13,16);1-2H3;1H,(H2,2,3)/b7-6-;;;. The summed E-state index contributed by atoms with van der Waals surface area (Å²) in [6.45, 7) is 14.4. The van der Waals surface area contributed by atoms with E-state index in [1.165, 1.54) is 19.3 Å². The van der Waals surface area contributed by atoms with E-state index in [4.69, 9.17) is 9.53 Å². The SMILES string of the molecule is CC.CC1CCCN1C(=O)CNC(=O)OC(C)(C)C.CCCCC/C=C\C1CC1C(=O)NS(=O)(=O)C1CC1.NC=O. The monoisotopic (exact) mass is 602 g/mol. The lowest BCUT2D eigenvalue weighted by molar-refractivity contribution is -0.130. The van der Waals surface area contributed by atoms with Crippen molar-refractivity contribution in [1.29, 1.82) is 0 Å². The second-order valence-electron chi connectivity index (χ2n) is 11.2. The van der Waals surface area contributed by atoms with Crippen LogP contribution in [0.3, 0.4) is 0 Å². The summed E-state index contributed by atoms with van der Waals surface area (Å²) in [5, 5.41) is 2.16. The molecule has 3 rings (SSSR count). The number of primary amides is 1. The molecule has 11 nitrogen and oxygen atoms in total. The van der Waals surface area contributed by atoms with E-state index in [9.17, 15) is 22.8 Å². The van der Waals surface area contributed by atoms with Crippen LogP contribution < -0.4 is 15.8 Å². The molecule has 3 fully saturated rings. The van der Waals surface area contributed by atoms with E-state index in [0.717, 1.165) is 32.2 Å². The number of nitrogens with zero attached hydrogens (tertiary/aromatic N) is 1. The van der Waals surface area contributed by atoms with Gasteiger partial charge in [-0.15, -0.1) is 0 Å². The number of hydrogen-bond acceptors (Lipinski definition) is 7. The van der Waals surface area contributed by atoms with E-state index in [0.29, 0.717) is 12.8 Å². The third-order valence-electron chi connectivity index (χ3n) is 6.40. The van der Waals surface area contributed by atoms with Crippen molar-refractivity contribution in [3.8, 4) is 0 Å². The minimum atomic E-state index is -3.37. The molecule has 2 saturated carbocycles. The van der Waals surface area contributed by atoms with Gasteiger partial charge in [-0.3, -0.25) is 19.1 Å². The predicted molar refractivity (Wildman–Crippen MR) is 161 cm³/mol. The molecule has 4 N–H and O–H groups in total. The van der Waals surface area contributed by atoms with Crippen LogP contribution in [-0.4, -0.2) is 67.6 Å². The summed E-state index contributed by atoms with van der Waals surface area (Å²) in [5.74, 6) is -0.233. The molecule has 4 amide bonds. The molecule has 0 aromatic carbocycles. The first-order valence-electron chi connectivity index (χ1n) is 14.9. The molecule has 3 aliphatic rings. The number of hydrogen-bond donors (Lipinski definition) is 3. The van der Waals surface area contributed by atoms with Gasteiger partial charge in [-0.05, 0) is 78.6 Å². The topological polar surface area (TPSA) is 165 Å². The van der Waals surface area contributed by atoms with Crippen LogP contribution in [0.5, 0.6) is 0 Å². The van der Waals surface area contributed by atoms with Crippen LogP contribution in [0.25, 0.3) is 0 Å². The van der Waals surface area contributed by atoms with Gasteiger partial charge in [-0.25, -0.2) is 13.2 Å². The number of rotatable bonds is 10. The number of carbonyl (C=O) groups is 4. The Bertz CT molecular complexity index is 943. The average Bonchev–Trinajstić information content (AvgIpc) is 3.81. The number of ether oxygens (including phenoxy) is 1. The van der Waals surface area contributed by atoms with Gasteiger partial charge in [0.25, 0.3) is 0 Å². The Morgan fingerprint density at radius 2 is 1.71 bits per heavy atom. The first-order chi connectivity index (χ1) is 19.3. The first-order valence-corrected chi connectivity index (χ1v) is 16.4. The maximum absolute atomic E-state index is 11.8. The second-order valence-corrected chi connectivity index (χ2v) is 13.2. The highest BCUT2D eigenvalue weighted by molar-refractivity contribution is 7.90. The summed E-state index contributed by atoms with van der Waals surface area (Å²) in [6.07, 6.45) is 12.8. The van der Waals surface area contributed by atoms with Crippen molar-refractivity contribution in [2.24, 2.45) is 17.6 Å². The molecule has 2 aliphatic carbocycles. The van der Waals surface area contributed by atoms with Crippen LogP contribution in [-0.2, 0) is 29.1 Å². The Labute approximate surface area is 247 Å². The van der Waals surface area contributed by atoms with Gasteiger partial charge in [0.1, 0.15) is 12.1 Å². The largest absolute Gasteiger partial charge is 0.444 e. The summed E-state index contributed by atoms with van der Waals surface area (Å²) in [6, 6.07) is 0.280. The summed E-state index contributed by atoms with van der Waals surface area (Å²) in [4.78, 5) is 45.3. The fourth-order valence-corrected chi connectivity index (χ4v) is 5.41. The van der Waals surface area contributed by atoms with Gasteiger partial charge in [0.2, 0.25) is 28.2 Å². The minimum Gasteiger partial charge on any atom is -0.444 e. The fraction of sp³-hybridized carbons (Fsp3) is 0.793. The Morgan fingerprint density at radius 3 is 2.20 bits per heavy atom. The lowest BCUT2D eigenvalue weighted by Crippen LogP contribution is -2.43. The van der Waals surface area contributed by atoms with Crippen molar-refractivity contribution in [3.63, 3.8) is 0 Å². The Kier molecular flexibility index (Phi) is 18.2. The maximum Gasteiger partial charge on any atom is 0.408 e.